The highest BCUT2D eigenvalue weighted by Crippen LogP contribution is 2.21. The van der Waals surface area contributed by atoms with E-state index >= 15 is 0 Å². The van der Waals surface area contributed by atoms with Crippen molar-refractivity contribution in [3.05, 3.63) is 59.7 Å². The van der Waals surface area contributed by atoms with Crippen molar-refractivity contribution in [3.8, 4) is 0 Å². The number of piperazine rings is 1. The minimum atomic E-state index is -0.973. The van der Waals surface area contributed by atoms with E-state index in [-0.39, 0.29) is 12.3 Å². The number of hydrogen-bond acceptors (Lipinski definition) is 7. The number of carbonyl (C=O) groups is 4. The molecule has 3 amide bonds. The molecule has 0 spiro atoms. The summed E-state index contributed by atoms with van der Waals surface area (Å²) in [6.45, 7) is 12.2. The van der Waals surface area contributed by atoms with Crippen LogP contribution in [0.15, 0.2) is 48.5 Å². The van der Waals surface area contributed by atoms with Crippen LogP contribution in [-0.2, 0) is 25.5 Å². The zero-order chi connectivity index (χ0) is 29.7. The molecule has 1 unspecified atom stereocenters. The lowest BCUT2D eigenvalue weighted by molar-refractivity contribution is -0.121. The third-order valence-electron chi connectivity index (χ3n) is 5.87. The highest BCUT2D eigenvalue weighted by Gasteiger charge is 2.27. The number of likely N-dealkylation sites (N-methyl/N-ethyl adjacent to an activating group) is 1. The first-order chi connectivity index (χ1) is 18.6. The molecule has 1 atom stereocenters. The van der Waals surface area contributed by atoms with E-state index in [4.69, 9.17) is 9.47 Å². The van der Waals surface area contributed by atoms with Gasteiger partial charge in [-0.25, -0.2) is 9.59 Å². The molecule has 1 aliphatic rings. The van der Waals surface area contributed by atoms with Crippen molar-refractivity contribution in [2.75, 3.05) is 36.9 Å². The average molecular weight is 553 g/mol. The first-order valence-corrected chi connectivity index (χ1v) is 13.3. The van der Waals surface area contributed by atoms with Gasteiger partial charge in [0.15, 0.2) is 0 Å². The van der Waals surface area contributed by atoms with E-state index in [1.807, 2.05) is 36.2 Å². The molecule has 10 nitrogen and oxygen atoms in total. The van der Waals surface area contributed by atoms with Crippen LogP contribution in [0.2, 0.25) is 0 Å². The molecule has 3 rings (SSSR count). The van der Waals surface area contributed by atoms with Crippen molar-refractivity contribution in [2.24, 2.45) is 0 Å². The summed E-state index contributed by atoms with van der Waals surface area (Å²) in [5, 5.41) is 5.48. The average Bonchev–Trinajstić information content (AvgIpc) is 2.82. The molecule has 40 heavy (non-hydrogen) atoms. The third kappa shape index (κ3) is 9.37. The Kier molecular flexibility index (Phi) is 9.57. The third-order valence-corrected chi connectivity index (χ3v) is 5.87. The zero-order valence-electron chi connectivity index (χ0n) is 24.4. The lowest BCUT2D eigenvalue weighted by atomic mass is 10.0. The molecule has 0 bridgehead atoms. The van der Waals surface area contributed by atoms with Crippen LogP contribution in [-0.4, -0.2) is 72.7 Å². The van der Waals surface area contributed by atoms with E-state index in [9.17, 15) is 19.2 Å². The normalized spacial score (nSPS) is 15.3. The first-order valence-electron chi connectivity index (χ1n) is 13.3. The van der Waals surface area contributed by atoms with E-state index < -0.39 is 35.2 Å². The number of anilines is 2. The number of nitrogens with zero attached hydrogens (tertiary/aromatic N) is 2. The lowest BCUT2D eigenvalue weighted by Gasteiger charge is -2.32. The van der Waals surface area contributed by atoms with Gasteiger partial charge in [-0.3, -0.25) is 14.5 Å². The van der Waals surface area contributed by atoms with E-state index in [0.717, 1.165) is 17.8 Å². The van der Waals surface area contributed by atoms with Gasteiger partial charge in [-0.2, -0.15) is 0 Å². The SMILES string of the molecule is CN1CCN(c2cccc(CC(NC(=O)OC(C)(C)C)C(=O)Nc3ccc(C(=O)OC(C)(C)C)cc3)c2)C(=O)C1. The number of carbonyl (C=O) groups excluding carboxylic acids is 4. The summed E-state index contributed by atoms with van der Waals surface area (Å²) in [5.41, 5.74) is 0.936. The van der Waals surface area contributed by atoms with E-state index in [1.54, 1.807) is 70.7 Å². The molecular formula is C30H40N4O6. The topological polar surface area (TPSA) is 117 Å². The molecule has 0 aromatic heterocycles. The van der Waals surface area contributed by atoms with Gasteiger partial charge in [-0.1, -0.05) is 12.1 Å². The quantitative estimate of drug-likeness (QED) is 0.499. The molecule has 1 aliphatic heterocycles. The van der Waals surface area contributed by atoms with Gasteiger partial charge in [0.25, 0.3) is 0 Å². The molecule has 0 aliphatic carbocycles. The Hall–Kier alpha value is -3.92. The number of alkyl carbamates (subject to hydrolysis) is 1. The van der Waals surface area contributed by atoms with Gasteiger partial charge in [0.1, 0.15) is 17.2 Å². The first kappa shape index (κ1) is 30.6. The number of rotatable bonds is 7. The summed E-state index contributed by atoms with van der Waals surface area (Å²) in [6.07, 6.45) is -0.560. The van der Waals surface area contributed by atoms with Crippen LogP contribution >= 0.6 is 0 Å². The fourth-order valence-electron chi connectivity index (χ4n) is 4.07. The van der Waals surface area contributed by atoms with Crippen molar-refractivity contribution in [3.63, 3.8) is 0 Å². The molecule has 10 heteroatoms. The molecule has 2 aromatic rings. The number of nitrogens with one attached hydrogen (secondary N) is 2. The van der Waals surface area contributed by atoms with Crippen LogP contribution in [0.1, 0.15) is 57.5 Å². The Labute approximate surface area is 236 Å². The van der Waals surface area contributed by atoms with E-state index in [0.29, 0.717) is 24.3 Å². The van der Waals surface area contributed by atoms with Crippen LogP contribution in [0, 0.1) is 0 Å². The summed E-state index contributed by atoms with van der Waals surface area (Å²) in [6, 6.07) is 12.7. The second-order valence-corrected chi connectivity index (χ2v) is 11.9. The van der Waals surface area contributed by atoms with Crippen molar-refractivity contribution in [1.82, 2.24) is 10.2 Å². The van der Waals surface area contributed by atoms with Gasteiger partial charge in [0, 0.05) is 30.9 Å². The summed E-state index contributed by atoms with van der Waals surface area (Å²) >= 11 is 0. The summed E-state index contributed by atoms with van der Waals surface area (Å²) in [4.78, 5) is 54.6. The molecule has 1 fully saturated rings. The van der Waals surface area contributed by atoms with Crippen molar-refractivity contribution in [2.45, 2.75) is 65.2 Å². The predicted octanol–water partition coefficient (Wildman–Crippen LogP) is 3.99. The minimum Gasteiger partial charge on any atom is -0.456 e. The molecule has 2 aromatic carbocycles. The Morgan fingerprint density at radius 3 is 2.17 bits per heavy atom. The predicted molar refractivity (Wildman–Crippen MR) is 153 cm³/mol. The summed E-state index contributed by atoms with van der Waals surface area (Å²) in [5.74, 6) is -0.924. The molecule has 1 heterocycles. The van der Waals surface area contributed by atoms with Gasteiger partial charge in [0.05, 0.1) is 12.1 Å². The fourth-order valence-corrected chi connectivity index (χ4v) is 4.07. The Morgan fingerprint density at radius 1 is 0.925 bits per heavy atom. The van der Waals surface area contributed by atoms with Gasteiger partial charge >= 0.3 is 12.1 Å². The maximum atomic E-state index is 13.4. The van der Waals surface area contributed by atoms with Crippen molar-refractivity contribution < 1.29 is 28.7 Å². The van der Waals surface area contributed by atoms with Gasteiger partial charge < -0.3 is 25.0 Å². The summed E-state index contributed by atoms with van der Waals surface area (Å²) in [7, 11) is 1.91. The largest absolute Gasteiger partial charge is 0.456 e. The lowest BCUT2D eigenvalue weighted by Crippen LogP contribution is -2.49. The van der Waals surface area contributed by atoms with E-state index in [2.05, 4.69) is 10.6 Å². The molecule has 0 radical (unpaired) electrons. The highest BCUT2D eigenvalue weighted by molar-refractivity contribution is 5.98. The number of esters is 1. The maximum absolute atomic E-state index is 13.4. The Morgan fingerprint density at radius 2 is 1.57 bits per heavy atom. The second kappa shape index (κ2) is 12.5. The zero-order valence-corrected chi connectivity index (χ0v) is 24.4. The number of ether oxygens (including phenoxy) is 2. The number of benzene rings is 2. The van der Waals surface area contributed by atoms with Crippen LogP contribution in [0.4, 0.5) is 16.2 Å². The van der Waals surface area contributed by atoms with Gasteiger partial charge in [-0.15, -0.1) is 0 Å². The van der Waals surface area contributed by atoms with Gasteiger partial charge in [-0.05, 0) is 90.6 Å². The van der Waals surface area contributed by atoms with Crippen molar-refractivity contribution >= 4 is 35.3 Å². The Balaban J connectivity index is 1.77. The van der Waals surface area contributed by atoms with Crippen LogP contribution in [0.5, 0.6) is 0 Å². The highest BCUT2D eigenvalue weighted by atomic mass is 16.6. The standard InChI is InChI=1S/C30H40N4O6/c1-29(2,3)39-27(37)21-11-13-22(14-12-21)31-26(36)24(32-28(38)40-30(4,5)6)18-20-9-8-10-23(17-20)34-16-15-33(7)19-25(34)35/h8-14,17,24H,15-16,18-19H2,1-7H3,(H,31,36)(H,32,38). The number of amides is 3. The molecule has 0 saturated carbocycles. The van der Waals surface area contributed by atoms with Crippen LogP contribution in [0.25, 0.3) is 0 Å². The maximum Gasteiger partial charge on any atom is 0.408 e. The Bertz CT molecular complexity index is 1230. The fraction of sp³-hybridized carbons (Fsp3) is 0.467. The smallest absolute Gasteiger partial charge is 0.408 e. The summed E-state index contributed by atoms with van der Waals surface area (Å²) < 4.78 is 10.8. The molecular weight excluding hydrogens is 512 g/mol. The van der Waals surface area contributed by atoms with Crippen LogP contribution < -0.4 is 15.5 Å². The second-order valence-electron chi connectivity index (χ2n) is 11.9. The number of hydrogen-bond donors (Lipinski definition) is 2. The van der Waals surface area contributed by atoms with Crippen LogP contribution in [0.3, 0.4) is 0 Å². The molecule has 2 N–H and O–H groups in total. The van der Waals surface area contributed by atoms with E-state index in [1.165, 1.54) is 0 Å². The van der Waals surface area contributed by atoms with Gasteiger partial charge in [0.2, 0.25) is 11.8 Å². The molecule has 1 saturated heterocycles. The van der Waals surface area contributed by atoms with Crippen molar-refractivity contribution in [1.29, 1.82) is 0 Å². The monoisotopic (exact) mass is 552 g/mol. The minimum absolute atomic E-state index is 0.00176. The molecule has 216 valence electrons.